The largest absolute Gasteiger partial charge is 0.497 e. The fourth-order valence-corrected chi connectivity index (χ4v) is 1.99. The van der Waals surface area contributed by atoms with E-state index in [2.05, 4.69) is 5.32 Å². The van der Waals surface area contributed by atoms with Crippen LogP contribution in [0.3, 0.4) is 0 Å². The van der Waals surface area contributed by atoms with Crippen molar-refractivity contribution >= 4 is 5.91 Å². The molecule has 0 saturated heterocycles. The second-order valence-corrected chi connectivity index (χ2v) is 4.72. The topological polar surface area (TPSA) is 47.6 Å². The standard InChI is InChI=1S/C17H19NO3/c1-12-4-7-14(10-16(12)21-3)17(19)18-11-13-5-8-15(20-2)9-6-13/h4-10H,11H2,1-3H3,(H,18,19). The SMILES string of the molecule is COc1ccc(CNC(=O)c2ccc(C)c(OC)c2)cc1. The second-order valence-electron chi connectivity index (χ2n) is 4.72. The third kappa shape index (κ3) is 3.75. The minimum absolute atomic E-state index is 0.121. The average molecular weight is 285 g/mol. The van der Waals surface area contributed by atoms with Gasteiger partial charge in [0.2, 0.25) is 0 Å². The molecule has 0 saturated carbocycles. The molecule has 0 aromatic heterocycles. The summed E-state index contributed by atoms with van der Waals surface area (Å²) in [6, 6.07) is 13.0. The lowest BCUT2D eigenvalue weighted by Crippen LogP contribution is -2.22. The highest BCUT2D eigenvalue weighted by Crippen LogP contribution is 2.19. The fourth-order valence-electron chi connectivity index (χ4n) is 1.99. The molecular formula is C17H19NO3. The van der Waals surface area contributed by atoms with Crippen LogP contribution in [0, 0.1) is 6.92 Å². The Hall–Kier alpha value is -2.49. The van der Waals surface area contributed by atoms with Crippen LogP contribution < -0.4 is 14.8 Å². The molecule has 0 spiro atoms. The molecule has 0 atom stereocenters. The number of hydrogen-bond donors (Lipinski definition) is 1. The lowest BCUT2D eigenvalue weighted by molar-refractivity contribution is 0.0950. The number of nitrogens with one attached hydrogen (secondary N) is 1. The number of benzene rings is 2. The predicted octanol–water partition coefficient (Wildman–Crippen LogP) is 2.94. The molecule has 2 aromatic carbocycles. The summed E-state index contributed by atoms with van der Waals surface area (Å²) >= 11 is 0. The Morgan fingerprint density at radius 3 is 2.38 bits per heavy atom. The first-order chi connectivity index (χ1) is 10.1. The quantitative estimate of drug-likeness (QED) is 0.918. The lowest BCUT2D eigenvalue weighted by Gasteiger charge is -2.09. The van der Waals surface area contributed by atoms with E-state index in [0.717, 1.165) is 16.9 Å². The molecule has 4 heteroatoms. The zero-order chi connectivity index (χ0) is 15.2. The summed E-state index contributed by atoms with van der Waals surface area (Å²) < 4.78 is 10.3. The van der Waals surface area contributed by atoms with Gasteiger partial charge in [-0.05, 0) is 42.3 Å². The first-order valence-corrected chi connectivity index (χ1v) is 6.70. The number of carbonyl (C=O) groups is 1. The Morgan fingerprint density at radius 2 is 1.76 bits per heavy atom. The summed E-state index contributed by atoms with van der Waals surface area (Å²) in [5, 5.41) is 2.89. The molecule has 2 rings (SSSR count). The summed E-state index contributed by atoms with van der Waals surface area (Å²) in [4.78, 5) is 12.1. The second kappa shape index (κ2) is 6.79. The normalized spacial score (nSPS) is 10.0. The van der Waals surface area contributed by atoms with Crippen LogP contribution in [0.25, 0.3) is 0 Å². The first-order valence-electron chi connectivity index (χ1n) is 6.70. The zero-order valence-electron chi connectivity index (χ0n) is 12.5. The molecule has 0 aliphatic heterocycles. The summed E-state index contributed by atoms with van der Waals surface area (Å²) in [5.41, 5.74) is 2.61. The maximum Gasteiger partial charge on any atom is 0.251 e. The highest BCUT2D eigenvalue weighted by Gasteiger charge is 2.08. The van der Waals surface area contributed by atoms with Crippen LogP contribution in [0.4, 0.5) is 0 Å². The van der Waals surface area contributed by atoms with Crippen LogP contribution in [0.15, 0.2) is 42.5 Å². The van der Waals surface area contributed by atoms with E-state index in [1.165, 1.54) is 0 Å². The predicted molar refractivity (Wildman–Crippen MR) is 81.9 cm³/mol. The lowest BCUT2D eigenvalue weighted by atomic mass is 10.1. The molecule has 110 valence electrons. The van der Waals surface area contributed by atoms with Gasteiger partial charge in [0, 0.05) is 12.1 Å². The van der Waals surface area contributed by atoms with Crippen LogP contribution in [0.2, 0.25) is 0 Å². The van der Waals surface area contributed by atoms with E-state index < -0.39 is 0 Å². The minimum atomic E-state index is -0.121. The number of rotatable bonds is 5. The Bertz CT molecular complexity index is 620. The summed E-state index contributed by atoms with van der Waals surface area (Å²) in [6.07, 6.45) is 0. The molecular weight excluding hydrogens is 266 g/mol. The van der Waals surface area contributed by atoms with Crippen molar-refractivity contribution in [3.8, 4) is 11.5 Å². The van der Waals surface area contributed by atoms with Crippen LogP contribution in [-0.4, -0.2) is 20.1 Å². The number of hydrogen-bond acceptors (Lipinski definition) is 3. The van der Waals surface area contributed by atoms with Gasteiger partial charge in [0.05, 0.1) is 14.2 Å². The van der Waals surface area contributed by atoms with Crippen molar-refractivity contribution in [2.24, 2.45) is 0 Å². The van der Waals surface area contributed by atoms with Gasteiger partial charge < -0.3 is 14.8 Å². The van der Waals surface area contributed by atoms with E-state index in [4.69, 9.17) is 9.47 Å². The zero-order valence-corrected chi connectivity index (χ0v) is 12.5. The van der Waals surface area contributed by atoms with E-state index in [1.54, 1.807) is 26.4 Å². The third-order valence-electron chi connectivity index (χ3n) is 3.28. The summed E-state index contributed by atoms with van der Waals surface area (Å²) in [7, 11) is 3.23. The Kier molecular flexibility index (Phi) is 4.82. The molecule has 0 aliphatic rings. The van der Waals surface area contributed by atoms with Crippen LogP contribution in [0.1, 0.15) is 21.5 Å². The van der Waals surface area contributed by atoms with Gasteiger partial charge in [0.1, 0.15) is 11.5 Å². The number of methoxy groups -OCH3 is 2. The third-order valence-corrected chi connectivity index (χ3v) is 3.28. The van der Waals surface area contributed by atoms with Gasteiger partial charge in [0.15, 0.2) is 0 Å². The van der Waals surface area contributed by atoms with Gasteiger partial charge in [0.25, 0.3) is 5.91 Å². The molecule has 1 N–H and O–H groups in total. The Morgan fingerprint density at radius 1 is 1.05 bits per heavy atom. The smallest absolute Gasteiger partial charge is 0.251 e. The molecule has 2 aromatic rings. The number of amides is 1. The van der Waals surface area contributed by atoms with Crippen molar-refractivity contribution in [1.82, 2.24) is 5.32 Å². The monoisotopic (exact) mass is 285 g/mol. The Balaban J connectivity index is 2.00. The van der Waals surface area contributed by atoms with Crippen LogP contribution in [0.5, 0.6) is 11.5 Å². The van der Waals surface area contributed by atoms with Crippen LogP contribution >= 0.6 is 0 Å². The molecule has 1 amide bonds. The number of aryl methyl sites for hydroxylation is 1. The van der Waals surface area contributed by atoms with E-state index in [1.807, 2.05) is 37.3 Å². The summed E-state index contributed by atoms with van der Waals surface area (Å²) in [5.74, 6) is 1.39. The molecule has 0 radical (unpaired) electrons. The fraction of sp³-hybridized carbons (Fsp3) is 0.235. The maximum absolute atomic E-state index is 12.1. The molecule has 21 heavy (non-hydrogen) atoms. The van der Waals surface area contributed by atoms with Crippen molar-refractivity contribution in [1.29, 1.82) is 0 Å². The number of ether oxygens (including phenoxy) is 2. The molecule has 0 bridgehead atoms. The average Bonchev–Trinajstić information content (AvgIpc) is 2.53. The molecule has 0 heterocycles. The minimum Gasteiger partial charge on any atom is -0.497 e. The molecule has 0 aliphatic carbocycles. The van der Waals surface area contributed by atoms with Gasteiger partial charge in [-0.2, -0.15) is 0 Å². The van der Waals surface area contributed by atoms with Gasteiger partial charge in [-0.1, -0.05) is 18.2 Å². The highest BCUT2D eigenvalue weighted by atomic mass is 16.5. The van der Waals surface area contributed by atoms with Gasteiger partial charge in [-0.15, -0.1) is 0 Å². The Labute approximate surface area is 124 Å². The van der Waals surface area contributed by atoms with Crippen molar-refractivity contribution in [2.75, 3.05) is 14.2 Å². The van der Waals surface area contributed by atoms with Crippen molar-refractivity contribution in [3.63, 3.8) is 0 Å². The van der Waals surface area contributed by atoms with Crippen LogP contribution in [-0.2, 0) is 6.54 Å². The number of carbonyl (C=O) groups excluding carboxylic acids is 1. The van der Waals surface area contributed by atoms with Crippen molar-refractivity contribution in [3.05, 3.63) is 59.2 Å². The van der Waals surface area contributed by atoms with E-state index in [-0.39, 0.29) is 5.91 Å². The molecule has 0 fully saturated rings. The van der Waals surface area contributed by atoms with Gasteiger partial charge in [-0.3, -0.25) is 4.79 Å². The van der Waals surface area contributed by atoms with E-state index in [9.17, 15) is 4.79 Å². The van der Waals surface area contributed by atoms with E-state index >= 15 is 0 Å². The summed E-state index contributed by atoms with van der Waals surface area (Å²) in [6.45, 7) is 2.41. The molecule has 0 unspecified atom stereocenters. The highest BCUT2D eigenvalue weighted by molar-refractivity contribution is 5.94. The van der Waals surface area contributed by atoms with Crippen molar-refractivity contribution in [2.45, 2.75) is 13.5 Å². The van der Waals surface area contributed by atoms with E-state index in [0.29, 0.717) is 17.9 Å². The van der Waals surface area contributed by atoms with Gasteiger partial charge >= 0.3 is 0 Å². The first kappa shape index (κ1) is 14.9. The van der Waals surface area contributed by atoms with Crippen molar-refractivity contribution < 1.29 is 14.3 Å². The molecule has 4 nitrogen and oxygen atoms in total. The maximum atomic E-state index is 12.1. The van der Waals surface area contributed by atoms with Gasteiger partial charge in [-0.25, -0.2) is 0 Å².